The highest BCUT2D eigenvalue weighted by Crippen LogP contribution is 2.25. The highest BCUT2D eigenvalue weighted by Gasteiger charge is 2.18. The Morgan fingerprint density at radius 3 is 2.61 bits per heavy atom. The van der Waals surface area contributed by atoms with Crippen molar-refractivity contribution in [2.45, 2.75) is 58.0 Å². The SMILES string of the molecule is C[C@@H](NCc1ccc(O)cn1)C1CCCCCC1. The first kappa shape index (κ1) is 13.3. The zero-order valence-electron chi connectivity index (χ0n) is 11.2. The molecule has 1 fully saturated rings. The summed E-state index contributed by atoms with van der Waals surface area (Å²) in [6.07, 6.45) is 9.80. The molecule has 1 heterocycles. The Balaban J connectivity index is 1.79. The summed E-state index contributed by atoms with van der Waals surface area (Å²) in [5.74, 6) is 1.04. The van der Waals surface area contributed by atoms with Gasteiger partial charge in [-0.05, 0) is 37.8 Å². The third-order valence-electron chi connectivity index (χ3n) is 4.02. The molecule has 0 aliphatic heterocycles. The van der Waals surface area contributed by atoms with Crippen molar-refractivity contribution in [3.05, 3.63) is 24.0 Å². The van der Waals surface area contributed by atoms with Crippen molar-refractivity contribution < 1.29 is 5.11 Å². The molecule has 1 aromatic heterocycles. The largest absolute Gasteiger partial charge is 0.506 e. The standard InChI is InChI=1S/C15H24N2O/c1-12(13-6-4-2-3-5-7-13)16-10-14-8-9-15(18)11-17-14/h8-9,11-13,16,18H,2-7,10H2,1H3/t12-/m1/s1. The monoisotopic (exact) mass is 248 g/mol. The molecular weight excluding hydrogens is 224 g/mol. The van der Waals surface area contributed by atoms with Crippen molar-refractivity contribution in [1.29, 1.82) is 0 Å². The molecule has 0 bridgehead atoms. The van der Waals surface area contributed by atoms with Crippen LogP contribution in [0.5, 0.6) is 5.75 Å². The number of pyridine rings is 1. The van der Waals surface area contributed by atoms with Crippen LogP contribution >= 0.6 is 0 Å². The molecule has 0 unspecified atom stereocenters. The molecule has 1 aliphatic carbocycles. The van der Waals surface area contributed by atoms with Gasteiger partial charge >= 0.3 is 0 Å². The Morgan fingerprint density at radius 2 is 2.00 bits per heavy atom. The van der Waals surface area contributed by atoms with E-state index in [1.807, 2.05) is 6.07 Å². The van der Waals surface area contributed by atoms with Crippen LogP contribution in [0.1, 0.15) is 51.1 Å². The lowest BCUT2D eigenvalue weighted by atomic mass is 9.93. The van der Waals surface area contributed by atoms with E-state index < -0.39 is 0 Å². The molecule has 3 nitrogen and oxygen atoms in total. The first-order valence-electron chi connectivity index (χ1n) is 7.13. The molecule has 1 saturated carbocycles. The van der Waals surface area contributed by atoms with Gasteiger partial charge in [0.1, 0.15) is 5.75 Å². The molecule has 0 spiro atoms. The Hall–Kier alpha value is -1.09. The molecule has 0 aromatic carbocycles. The van der Waals surface area contributed by atoms with E-state index in [-0.39, 0.29) is 5.75 Å². The summed E-state index contributed by atoms with van der Waals surface area (Å²) >= 11 is 0. The van der Waals surface area contributed by atoms with Crippen molar-refractivity contribution >= 4 is 0 Å². The number of aromatic hydroxyl groups is 1. The molecule has 1 aliphatic rings. The van der Waals surface area contributed by atoms with Crippen LogP contribution in [0.3, 0.4) is 0 Å². The molecule has 2 rings (SSSR count). The minimum atomic E-state index is 0.232. The second kappa shape index (κ2) is 6.74. The number of nitrogens with zero attached hydrogens (tertiary/aromatic N) is 1. The predicted octanol–water partition coefficient (Wildman–Crippen LogP) is 3.24. The maximum absolute atomic E-state index is 9.19. The second-order valence-electron chi connectivity index (χ2n) is 5.43. The summed E-state index contributed by atoms with van der Waals surface area (Å²) in [5, 5.41) is 12.8. The molecule has 1 atom stereocenters. The van der Waals surface area contributed by atoms with Gasteiger partial charge in [0.2, 0.25) is 0 Å². The topological polar surface area (TPSA) is 45.1 Å². The summed E-state index contributed by atoms with van der Waals surface area (Å²) in [6.45, 7) is 3.08. The van der Waals surface area contributed by atoms with Crippen molar-refractivity contribution in [2.75, 3.05) is 0 Å². The second-order valence-corrected chi connectivity index (χ2v) is 5.43. The van der Waals surface area contributed by atoms with E-state index in [0.717, 1.165) is 18.2 Å². The Morgan fingerprint density at radius 1 is 1.28 bits per heavy atom. The molecule has 100 valence electrons. The number of hydrogen-bond donors (Lipinski definition) is 2. The molecular formula is C15H24N2O. The van der Waals surface area contributed by atoms with Gasteiger partial charge in [-0.15, -0.1) is 0 Å². The van der Waals surface area contributed by atoms with Crippen LogP contribution in [0.15, 0.2) is 18.3 Å². The van der Waals surface area contributed by atoms with Crippen LogP contribution in [0.4, 0.5) is 0 Å². The highest BCUT2D eigenvalue weighted by molar-refractivity contribution is 5.17. The molecule has 3 heteroatoms. The lowest BCUT2D eigenvalue weighted by Crippen LogP contribution is -2.33. The molecule has 0 radical (unpaired) electrons. The molecule has 18 heavy (non-hydrogen) atoms. The van der Waals surface area contributed by atoms with E-state index in [1.54, 1.807) is 6.07 Å². The predicted molar refractivity (Wildman–Crippen MR) is 73.4 cm³/mol. The smallest absolute Gasteiger partial charge is 0.133 e. The van der Waals surface area contributed by atoms with Crippen LogP contribution < -0.4 is 5.32 Å². The van der Waals surface area contributed by atoms with Gasteiger partial charge < -0.3 is 10.4 Å². The van der Waals surface area contributed by atoms with Crippen LogP contribution in [-0.2, 0) is 6.54 Å². The van der Waals surface area contributed by atoms with Crippen LogP contribution in [-0.4, -0.2) is 16.1 Å². The summed E-state index contributed by atoms with van der Waals surface area (Å²) < 4.78 is 0. The molecule has 2 N–H and O–H groups in total. The first-order valence-corrected chi connectivity index (χ1v) is 7.13. The quantitative estimate of drug-likeness (QED) is 0.804. The minimum Gasteiger partial charge on any atom is -0.506 e. The van der Waals surface area contributed by atoms with Gasteiger partial charge in [-0.3, -0.25) is 4.98 Å². The van der Waals surface area contributed by atoms with E-state index in [2.05, 4.69) is 17.2 Å². The van der Waals surface area contributed by atoms with Crippen LogP contribution in [0.2, 0.25) is 0 Å². The zero-order valence-corrected chi connectivity index (χ0v) is 11.2. The summed E-state index contributed by atoms with van der Waals surface area (Å²) in [7, 11) is 0. The lowest BCUT2D eigenvalue weighted by Gasteiger charge is -2.23. The third kappa shape index (κ3) is 3.98. The maximum Gasteiger partial charge on any atom is 0.133 e. The van der Waals surface area contributed by atoms with E-state index in [1.165, 1.54) is 44.7 Å². The van der Waals surface area contributed by atoms with Gasteiger partial charge in [-0.2, -0.15) is 0 Å². The van der Waals surface area contributed by atoms with Crippen molar-refractivity contribution in [3.63, 3.8) is 0 Å². The van der Waals surface area contributed by atoms with Crippen molar-refractivity contribution in [2.24, 2.45) is 5.92 Å². The zero-order chi connectivity index (χ0) is 12.8. The van der Waals surface area contributed by atoms with Crippen molar-refractivity contribution in [1.82, 2.24) is 10.3 Å². The number of nitrogens with one attached hydrogen (secondary N) is 1. The van der Waals surface area contributed by atoms with E-state index in [9.17, 15) is 5.11 Å². The summed E-state index contributed by atoms with van der Waals surface area (Å²) in [5.41, 5.74) is 0.994. The van der Waals surface area contributed by atoms with Crippen molar-refractivity contribution in [3.8, 4) is 5.75 Å². The Labute approximate surface area is 110 Å². The van der Waals surface area contributed by atoms with Gasteiger partial charge in [0.15, 0.2) is 0 Å². The van der Waals surface area contributed by atoms with Crippen LogP contribution in [0, 0.1) is 5.92 Å². The number of aromatic nitrogens is 1. The van der Waals surface area contributed by atoms with E-state index in [4.69, 9.17) is 0 Å². The first-order chi connectivity index (χ1) is 8.75. The van der Waals surface area contributed by atoms with E-state index >= 15 is 0 Å². The average Bonchev–Trinajstić information content (AvgIpc) is 2.66. The molecule has 1 aromatic rings. The summed E-state index contributed by atoms with van der Waals surface area (Å²) in [6, 6.07) is 4.13. The lowest BCUT2D eigenvalue weighted by molar-refractivity contribution is 0.335. The van der Waals surface area contributed by atoms with Crippen LogP contribution in [0.25, 0.3) is 0 Å². The summed E-state index contributed by atoms with van der Waals surface area (Å²) in [4.78, 5) is 4.20. The fourth-order valence-electron chi connectivity index (χ4n) is 2.76. The average molecular weight is 248 g/mol. The Kier molecular flexibility index (Phi) is 5.00. The number of rotatable bonds is 4. The van der Waals surface area contributed by atoms with Gasteiger partial charge in [-0.1, -0.05) is 25.7 Å². The molecule has 0 amide bonds. The maximum atomic E-state index is 9.19. The Bertz CT molecular complexity index is 342. The number of hydrogen-bond acceptors (Lipinski definition) is 3. The normalized spacial score (nSPS) is 19.4. The fourth-order valence-corrected chi connectivity index (χ4v) is 2.76. The third-order valence-corrected chi connectivity index (χ3v) is 4.02. The van der Waals surface area contributed by atoms with Gasteiger partial charge in [0.25, 0.3) is 0 Å². The van der Waals surface area contributed by atoms with Gasteiger partial charge in [0, 0.05) is 12.6 Å². The minimum absolute atomic E-state index is 0.232. The fraction of sp³-hybridized carbons (Fsp3) is 0.667. The van der Waals surface area contributed by atoms with Gasteiger partial charge in [-0.25, -0.2) is 0 Å². The van der Waals surface area contributed by atoms with Gasteiger partial charge in [0.05, 0.1) is 11.9 Å². The van der Waals surface area contributed by atoms with E-state index in [0.29, 0.717) is 6.04 Å². The highest BCUT2D eigenvalue weighted by atomic mass is 16.3. The molecule has 0 saturated heterocycles.